The lowest BCUT2D eigenvalue weighted by atomic mass is 10.4. The fourth-order valence-corrected chi connectivity index (χ4v) is 5.97. The average molecular weight is 202 g/mol. The molecule has 0 amide bonds. The van der Waals surface area contributed by atoms with Gasteiger partial charge in [-0.1, -0.05) is 41.0 Å². The van der Waals surface area contributed by atoms with Crippen LogP contribution in [0.3, 0.4) is 0 Å². The fraction of sp³-hybridized carbons (Fsp3) is 1.00. The fourth-order valence-electron chi connectivity index (χ4n) is 1.99. The first-order valence-electron chi connectivity index (χ1n) is 5.66. The summed E-state index contributed by atoms with van der Waals surface area (Å²) in [7, 11) is -1.37. The molecule has 3 heteroatoms. The molecule has 0 fully saturated rings. The Balaban J connectivity index is 4.42. The van der Waals surface area contributed by atoms with Crippen molar-refractivity contribution in [1.29, 1.82) is 0 Å². The molecule has 1 unspecified atom stereocenters. The SMILES string of the molecule is CCN[Si](CC)(NCC)C(C)CC. The second-order valence-electron chi connectivity index (χ2n) is 3.69. The predicted molar refractivity (Wildman–Crippen MR) is 63.3 cm³/mol. The standard InChI is InChI=1S/C10H26N2Si/c1-6-10(5)13(9-4,11-7-2)12-8-3/h10-12H,6-9H2,1-5H3. The minimum Gasteiger partial charge on any atom is -0.325 e. The van der Waals surface area contributed by atoms with Gasteiger partial charge in [0, 0.05) is 0 Å². The van der Waals surface area contributed by atoms with Gasteiger partial charge in [0.15, 0.2) is 0 Å². The highest BCUT2D eigenvalue weighted by Crippen LogP contribution is 2.23. The van der Waals surface area contributed by atoms with E-state index in [1.54, 1.807) is 0 Å². The normalized spacial score (nSPS) is 14.5. The first kappa shape index (κ1) is 13.1. The molecule has 13 heavy (non-hydrogen) atoms. The van der Waals surface area contributed by atoms with E-state index >= 15 is 0 Å². The zero-order valence-corrected chi connectivity index (χ0v) is 10.9. The van der Waals surface area contributed by atoms with E-state index in [0.29, 0.717) is 0 Å². The van der Waals surface area contributed by atoms with Gasteiger partial charge < -0.3 is 9.96 Å². The van der Waals surface area contributed by atoms with Crippen molar-refractivity contribution >= 4 is 8.40 Å². The Bertz CT molecular complexity index is 122. The first-order valence-corrected chi connectivity index (χ1v) is 7.95. The maximum atomic E-state index is 3.73. The number of hydrogen-bond acceptors (Lipinski definition) is 2. The monoisotopic (exact) mass is 202 g/mol. The van der Waals surface area contributed by atoms with Crippen LogP contribution in [-0.4, -0.2) is 21.5 Å². The third kappa shape index (κ3) is 3.41. The Kier molecular flexibility index (Phi) is 6.64. The third-order valence-electron chi connectivity index (χ3n) is 3.00. The predicted octanol–water partition coefficient (Wildman–Crippen LogP) is 2.47. The Morgan fingerprint density at radius 1 is 1.00 bits per heavy atom. The van der Waals surface area contributed by atoms with Gasteiger partial charge in [0.2, 0.25) is 8.40 Å². The van der Waals surface area contributed by atoms with E-state index < -0.39 is 8.40 Å². The molecule has 0 aliphatic carbocycles. The van der Waals surface area contributed by atoms with Crippen LogP contribution in [0.2, 0.25) is 11.6 Å². The van der Waals surface area contributed by atoms with Crippen molar-refractivity contribution in [2.24, 2.45) is 0 Å². The number of hydrogen-bond donors (Lipinski definition) is 2. The molecule has 2 N–H and O–H groups in total. The van der Waals surface area contributed by atoms with Gasteiger partial charge in [-0.05, 0) is 24.7 Å². The summed E-state index contributed by atoms with van der Waals surface area (Å²) < 4.78 is 0. The first-order chi connectivity index (χ1) is 6.16. The smallest absolute Gasteiger partial charge is 0.203 e. The second kappa shape index (κ2) is 6.57. The van der Waals surface area contributed by atoms with Gasteiger partial charge in [0.1, 0.15) is 0 Å². The molecule has 0 bridgehead atoms. The van der Waals surface area contributed by atoms with Gasteiger partial charge in [-0.25, -0.2) is 0 Å². The minimum absolute atomic E-state index is 0.817. The minimum atomic E-state index is -1.37. The van der Waals surface area contributed by atoms with Gasteiger partial charge in [0.05, 0.1) is 0 Å². The molecule has 0 aromatic carbocycles. The molecule has 0 rings (SSSR count). The number of nitrogens with one attached hydrogen (secondary N) is 2. The molecule has 80 valence electrons. The maximum Gasteiger partial charge on any atom is 0.203 e. The Labute approximate surface area is 84.7 Å². The summed E-state index contributed by atoms with van der Waals surface area (Å²) in [6.45, 7) is 13.6. The molecule has 0 aliphatic rings. The summed E-state index contributed by atoms with van der Waals surface area (Å²) in [5, 5.41) is 0. The van der Waals surface area contributed by atoms with Crippen LogP contribution in [0, 0.1) is 0 Å². The molecule has 0 saturated carbocycles. The quantitative estimate of drug-likeness (QED) is 0.620. The lowest BCUT2D eigenvalue weighted by Gasteiger charge is -2.36. The van der Waals surface area contributed by atoms with Crippen molar-refractivity contribution in [2.45, 2.75) is 52.6 Å². The molecule has 0 aromatic heterocycles. The molecular formula is C10H26N2Si. The summed E-state index contributed by atoms with van der Waals surface area (Å²) in [6, 6.07) is 1.28. The zero-order valence-electron chi connectivity index (χ0n) is 9.91. The molecule has 2 nitrogen and oxygen atoms in total. The molecule has 1 atom stereocenters. The topological polar surface area (TPSA) is 24.1 Å². The summed E-state index contributed by atoms with van der Waals surface area (Å²) >= 11 is 0. The molecule has 0 aliphatic heterocycles. The van der Waals surface area contributed by atoms with Crippen LogP contribution in [-0.2, 0) is 0 Å². The van der Waals surface area contributed by atoms with E-state index in [9.17, 15) is 0 Å². The molecular weight excluding hydrogens is 176 g/mol. The van der Waals surface area contributed by atoms with Crippen LogP contribution in [0.15, 0.2) is 0 Å². The summed E-state index contributed by atoms with van der Waals surface area (Å²) in [4.78, 5) is 7.45. The Morgan fingerprint density at radius 3 is 1.69 bits per heavy atom. The van der Waals surface area contributed by atoms with E-state index in [1.807, 2.05) is 0 Å². The van der Waals surface area contributed by atoms with Crippen LogP contribution in [0.1, 0.15) is 41.0 Å². The largest absolute Gasteiger partial charge is 0.325 e. The van der Waals surface area contributed by atoms with Crippen molar-refractivity contribution in [3.05, 3.63) is 0 Å². The molecule has 0 heterocycles. The van der Waals surface area contributed by atoms with E-state index in [0.717, 1.165) is 18.6 Å². The van der Waals surface area contributed by atoms with E-state index in [4.69, 9.17) is 0 Å². The number of rotatable bonds is 7. The Hall–Kier alpha value is 0.137. The van der Waals surface area contributed by atoms with Crippen LogP contribution >= 0.6 is 0 Å². The van der Waals surface area contributed by atoms with Gasteiger partial charge in [0.25, 0.3) is 0 Å². The molecule has 0 radical (unpaired) electrons. The highest BCUT2D eigenvalue weighted by atomic mass is 28.3. The average Bonchev–Trinajstić information content (AvgIpc) is 2.16. The molecule has 0 aromatic rings. The lowest BCUT2D eigenvalue weighted by Crippen LogP contribution is -2.64. The summed E-state index contributed by atoms with van der Waals surface area (Å²) in [6.07, 6.45) is 1.28. The van der Waals surface area contributed by atoms with Crippen LogP contribution < -0.4 is 9.96 Å². The lowest BCUT2D eigenvalue weighted by molar-refractivity contribution is 0.725. The molecule has 0 saturated heterocycles. The van der Waals surface area contributed by atoms with E-state index in [1.165, 1.54) is 12.5 Å². The molecule has 0 spiro atoms. The van der Waals surface area contributed by atoms with Crippen LogP contribution in [0.5, 0.6) is 0 Å². The maximum absolute atomic E-state index is 3.73. The van der Waals surface area contributed by atoms with E-state index in [2.05, 4.69) is 44.6 Å². The van der Waals surface area contributed by atoms with Gasteiger partial charge in [-0.2, -0.15) is 0 Å². The summed E-state index contributed by atoms with van der Waals surface area (Å²) in [5.41, 5.74) is 0.817. The van der Waals surface area contributed by atoms with Gasteiger partial charge >= 0.3 is 0 Å². The van der Waals surface area contributed by atoms with Gasteiger partial charge in [-0.3, -0.25) is 0 Å². The van der Waals surface area contributed by atoms with Gasteiger partial charge in [-0.15, -0.1) is 0 Å². The van der Waals surface area contributed by atoms with Crippen molar-refractivity contribution in [3.63, 3.8) is 0 Å². The zero-order chi connectivity index (χ0) is 10.3. The summed E-state index contributed by atoms with van der Waals surface area (Å²) in [5.74, 6) is 0. The second-order valence-corrected chi connectivity index (χ2v) is 8.04. The highest BCUT2D eigenvalue weighted by Gasteiger charge is 2.35. The van der Waals surface area contributed by atoms with Crippen LogP contribution in [0.25, 0.3) is 0 Å². The van der Waals surface area contributed by atoms with E-state index in [-0.39, 0.29) is 0 Å². The van der Waals surface area contributed by atoms with Crippen molar-refractivity contribution in [3.8, 4) is 0 Å². The van der Waals surface area contributed by atoms with Crippen molar-refractivity contribution in [2.75, 3.05) is 13.1 Å². The Morgan fingerprint density at radius 2 is 1.46 bits per heavy atom. The highest BCUT2D eigenvalue weighted by molar-refractivity contribution is 6.76. The third-order valence-corrected chi connectivity index (χ3v) is 8.17. The van der Waals surface area contributed by atoms with Crippen molar-refractivity contribution in [1.82, 2.24) is 9.96 Å². The van der Waals surface area contributed by atoms with Crippen molar-refractivity contribution < 1.29 is 0 Å². The van der Waals surface area contributed by atoms with Crippen LogP contribution in [0.4, 0.5) is 0 Å².